The molecular weight excluding hydrogens is 316 g/mol. The summed E-state index contributed by atoms with van der Waals surface area (Å²) in [5.74, 6) is -1.59. The average Bonchev–Trinajstić information content (AvgIpc) is 2.90. The number of phenolic OH excluding ortho intramolecular Hbond substituents is 1. The van der Waals surface area contributed by atoms with Gasteiger partial charge < -0.3 is 19.3 Å². The van der Waals surface area contributed by atoms with E-state index in [-0.39, 0.29) is 40.2 Å². The molecule has 1 N–H and O–H groups in total. The Morgan fingerprint density at radius 3 is 2.62 bits per heavy atom. The molecule has 0 aromatic heterocycles. The van der Waals surface area contributed by atoms with E-state index in [1.807, 2.05) is 0 Å². The largest absolute Gasteiger partial charge is 0.504 e. The van der Waals surface area contributed by atoms with E-state index < -0.39 is 35.8 Å². The van der Waals surface area contributed by atoms with Gasteiger partial charge in [0, 0.05) is 11.1 Å². The van der Waals surface area contributed by atoms with Gasteiger partial charge in [-0.05, 0) is 19.1 Å². The molecule has 0 saturated carbocycles. The fraction of sp³-hybridized carbons (Fsp3) is 0.353. The number of phenols is 1. The van der Waals surface area contributed by atoms with Crippen molar-refractivity contribution in [3.05, 3.63) is 34.4 Å². The van der Waals surface area contributed by atoms with Crippen LogP contribution in [0.15, 0.2) is 23.3 Å². The van der Waals surface area contributed by atoms with Crippen LogP contribution in [-0.2, 0) is 14.3 Å². The predicted molar refractivity (Wildman–Crippen MR) is 79.2 cm³/mol. The molecule has 1 aromatic carbocycles. The van der Waals surface area contributed by atoms with Gasteiger partial charge in [-0.1, -0.05) is 0 Å². The van der Waals surface area contributed by atoms with Gasteiger partial charge in [-0.2, -0.15) is 0 Å². The number of hydrogen-bond acceptors (Lipinski definition) is 7. The van der Waals surface area contributed by atoms with E-state index in [2.05, 4.69) is 0 Å². The molecule has 0 radical (unpaired) electrons. The van der Waals surface area contributed by atoms with Crippen molar-refractivity contribution in [2.45, 2.75) is 31.7 Å². The topological polar surface area (TPSA) is 99.1 Å². The fourth-order valence-electron chi connectivity index (χ4n) is 3.63. The zero-order valence-corrected chi connectivity index (χ0v) is 13.0. The van der Waals surface area contributed by atoms with Crippen molar-refractivity contribution in [1.82, 2.24) is 0 Å². The van der Waals surface area contributed by atoms with E-state index in [1.165, 1.54) is 19.2 Å². The van der Waals surface area contributed by atoms with Crippen molar-refractivity contribution in [1.29, 1.82) is 0 Å². The third-order valence-electron chi connectivity index (χ3n) is 4.63. The van der Waals surface area contributed by atoms with Crippen LogP contribution in [0.5, 0.6) is 11.5 Å². The summed E-state index contributed by atoms with van der Waals surface area (Å²) in [7, 11) is 1.31. The van der Waals surface area contributed by atoms with Gasteiger partial charge in [-0.15, -0.1) is 0 Å². The SMILES string of the molecule is COc1c(O)ccc2c1C(=O)C1=C(C2=O)[C@@H]2OC(=O)C[C@@H]2O[C@H]1C. The number of Topliss-reactive ketones (excluding diaryl/α,β-unsaturated/α-hetero) is 2. The number of benzene rings is 1. The molecule has 1 aliphatic carbocycles. The number of ketones is 2. The summed E-state index contributed by atoms with van der Waals surface area (Å²) in [5.41, 5.74) is 0.478. The number of aromatic hydroxyl groups is 1. The van der Waals surface area contributed by atoms with Crippen molar-refractivity contribution in [2.75, 3.05) is 7.11 Å². The molecule has 1 fully saturated rings. The molecule has 0 amide bonds. The lowest BCUT2D eigenvalue weighted by atomic mass is 9.77. The van der Waals surface area contributed by atoms with Crippen LogP contribution < -0.4 is 4.74 Å². The molecular formula is C17H14O7. The van der Waals surface area contributed by atoms with E-state index in [0.717, 1.165) is 0 Å². The lowest BCUT2D eigenvalue weighted by Gasteiger charge is -2.35. The summed E-state index contributed by atoms with van der Waals surface area (Å²) < 4.78 is 16.0. The van der Waals surface area contributed by atoms with E-state index in [1.54, 1.807) is 6.92 Å². The first-order valence-electron chi connectivity index (χ1n) is 7.52. The first-order valence-corrected chi connectivity index (χ1v) is 7.52. The second kappa shape index (κ2) is 4.91. The molecule has 0 bridgehead atoms. The third-order valence-corrected chi connectivity index (χ3v) is 4.63. The molecule has 24 heavy (non-hydrogen) atoms. The molecule has 3 aliphatic rings. The number of fused-ring (bicyclic) bond motifs is 3. The molecule has 1 saturated heterocycles. The summed E-state index contributed by atoms with van der Waals surface area (Å²) >= 11 is 0. The maximum atomic E-state index is 13.0. The van der Waals surface area contributed by atoms with E-state index >= 15 is 0 Å². The van der Waals surface area contributed by atoms with Gasteiger partial charge in [0.25, 0.3) is 0 Å². The minimum absolute atomic E-state index is 0.0134. The maximum Gasteiger partial charge on any atom is 0.309 e. The Kier molecular flexibility index (Phi) is 3.05. The van der Waals surface area contributed by atoms with E-state index in [0.29, 0.717) is 0 Å². The average molecular weight is 330 g/mol. The molecule has 124 valence electrons. The monoisotopic (exact) mass is 330 g/mol. The number of methoxy groups -OCH3 is 1. The lowest BCUT2D eigenvalue weighted by molar-refractivity contribution is -0.140. The molecule has 2 aliphatic heterocycles. The Balaban J connectivity index is 1.95. The Morgan fingerprint density at radius 1 is 1.17 bits per heavy atom. The smallest absolute Gasteiger partial charge is 0.309 e. The van der Waals surface area contributed by atoms with Crippen LogP contribution in [-0.4, -0.2) is 48.1 Å². The highest BCUT2D eigenvalue weighted by Gasteiger charge is 2.51. The molecule has 7 heteroatoms. The number of carbonyl (C=O) groups is 3. The molecule has 1 aromatic rings. The normalized spacial score (nSPS) is 28.2. The van der Waals surface area contributed by atoms with Crippen LogP contribution in [0.2, 0.25) is 0 Å². The highest BCUT2D eigenvalue weighted by atomic mass is 16.6. The Bertz CT molecular complexity index is 836. The summed E-state index contributed by atoms with van der Waals surface area (Å²) in [6.45, 7) is 1.65. The second-order valence-electron chi connectivity index (χ2n) is 5.96. The first-order chi connectivity index (χ1) is 11.4. The van der Waals surface area contributed by atoms with Gasteiger partial charge >= 0.3 is 5.97 Å². The molecule has 0 spiro atoms. The highest BCUT2D eigenvalue weighted by molar-refractivity contribution is 6.29. The van der Waals surface area contributed by atoms with Crippen molar-refractivity contribution in [2.24, 2.45) is 0 Å². The second-order valence-corrected chi connectivity index (χ2v) is 5.96. The van der Waals surface area contributed by atoms with E-state index in [4.69, 9.17) is 14.2 Å². The third kappa shape index (κ3) is 1.78. The number of esters is 1. The van der Waals surface area contributed by atoms with Crippen molar-refractivity contribution < 1.29 is 33.7 Å². The van der Waals surface area contributed by atoms with Gasteiger partial charge in [0.15, 0.2) is 29.2 Å². The Morgan fingerprint density at radius 2 is 1.92 bits per heavy atom. The number of rotatable bonds is 1. The van der Waals surface area contributed by atoms with Crippen LogP contribution in [0.4, 0.5) is 0 Å². The predicted octanol–water partition coefficient (Wildman–Crippen LogP) is 1.18. The lowest BCUT2D eigenvalue weighted by Crippen LogP contribution is -2.44. The molecule has 4 rings (SSSR count). The van der Waals surface area contributed by atoms with Crippen LogP contribution in [0.3, 0.4) is 0 Å². The molecule has 3 atom stereocenters. The molecule has 2 heterocycles. The van der Waals surface area contributed by atoms with Crippen LogP contribution in [0.25, 0.3) is 0 Å². The van der Waals surface area contributed by atoms with Gasteiger partial charge in [0.05, 0.1) is 30.8 Å². The zero-order chi connectivity index (χ0) is 17.2. The number of hydrogen-bond donors (Lipinski definition) is 1. The minimum Gasteiger partial charge on any atom is -0.504 e. The van der Waals surface area contributed by atoms with Crippen LogP contribution in [0.1, 0.15) is 34.1 Å². The van der Waals surface area contributed by atoms with Crippen LogP contribution in [0, 0.1) is 0 Å². The fourth-order valence-corrected chi connectivity index (χ4v) is 3.63. The van der Waals surface area contributed by atoms with Gasteiger partial charge in [0.1, 0.15) is 6.10 Å². The molecule has 7 nitrogen and oxygen atoms in total. The van der Waals surface area contributed by atoms with Crippen LogP contribution >= 0.6 is 0 Å². The van der Waals surface area contributed by atoms with E-state index in [9.17, 15) is 19.5 Å². The van der Waals surface area contributed by atoms with Crippen molar-refractivity contribution in [3.63, 3.8) is 0 Å². The minimum atomic E-state index is -0.868. The standard InChI is InChI=1S/C17H14O7/c1-6-11-13(17-9(23-6)5-10(19)24-17)14(20)7-3-4-8(18)16(22-2)12(7)15(11)21/h3-4,6,9,17-18H,5H2,1-2H3/t6-,9-,17+/m0/s1. The molecule has 0 unspecified atom stereocenters. The quantitative estimate of drug-likeness (QED) is 0.772. The Labute approximate surface area is 136 Å². The van der Waals surface area contributed by atoms with Crippen molar-refractivity contribution in [3.8, 4) is 11.5 Å². The number of ether oxygens (including phenoxy) is 3. The zero-order valence-electron chi connectivity index (χ0n) is 13.0. The Hall–Kier alpha value is -2.67. The highest BCUT2D eigenvalue weighted by Crippen LogP contribution is 2.44. The first kappa shape index (κ1) is 14.9. The summed E-state index contributed by atoms with van der Waals surface area (Å²) in [6, 6.07) is 2.68. The summed E-state index contributed by atoms with van der Waals surface area (Å²) in [6.07, 6.45) is -2.04. The van der Waals surface area contributed by atoms with Gasteiger partial charge in [0.2, 0.25) is 0 Å². The summed E-state index contributed by atoms with van der Waals surface area (Å²) in [4.78, 5) is 37.6. The number of carbonyl (C=O) groups excluding carboxylic acids is 3. The maximum absolute atomic E-state index is 13.0. The van der Waals surface area contributed by atoms with Crippen molar-refractivity contribution >= 4 is 17.5 Å². The summed E-state index contributed by atoms with van der Waals surface area (Å²) in [5, 5.41) is 9.91. The van der Waals surface area contributed by atoms with Gasteiger partial charge in [-0.25, -0.2) is 0 Å². The van der Waals surface area contributed by atoms with Gasteiger partial charge in [-0.3, -0.25) is 14.4 Å².